The summed E-state index contributed by atoms with van der Waals surface area (Å²) in [4.78, 5) is 1.26. The van der Waals surface area contributed by atoms with Crippen LogP contribution in [0.1, 0.15) is 5.56 Å². The maximum Gasteiger partial charge on any atom is 0.105 e. The zero-order chi connectivity index (χ0) is 6.10. The summed E-state index contributed by atoms with van der Waals surface area (Å²) in [6.07, 6.45) is 0. The van der Waals surface area contributed by atoms with Crippen LogP contribution in [0.5, 0.6) is 0 Å². The maximum absolute atomic E-state index is 3.01. The predicted molar refractivity (Wildman–Crippen MR) is 37.8 cm³/mol. The summed E-state index contributed by atoms with van der Waals surface area (Å²) in [7, 11) is 0. The molecule has 2 radical (unpaired) electrons. The molecule has 44 valence electrons. The first-order valence-corrected chi connectivity index (χ1v) is 3.55. The van der Waals surface area contributed by atoms with Gasteiger partial charge in [0.25, 0.3) is 0 Å². The molecule has 0 saturated carbocycles. The van der Waals surface area contributed by atoms with E-state index in [4.69, 9.17) is 0 Å². The highest BCUT2D eigenvalue weighted by molar-refractivity contribution is 7.97. The van der Waals surface area contributed by atoms with E-state index >= 15 is 0 Å². The van der Waals surface area contributed by atoms with Crippen molar-refractivity contribution in [2.75, 3.05) is 0 Å². The van der Waals surface area contributed by atoms with Gasteiger partial charge in [-0.3, -0.25) is 0 Å². The largest absolute Gasteiger partial charge is 0.245 e. The topological polar surface area (TPSA) is 12.0 Å². The van der Waals surface area contributed by atoms with Gasteiger partial charge >= 0.3 is 0 Å². The Hall–Kier alpha value is -0.470. The van der Waals surface area contributed by atoms with E-state index in [-0.39, 0.29) is 0 Å². The third-order valence-corrected chi connectivity index (χ3v) is 2.01. The Labute approximate surface area is 58.6 Å². The molecule has 1 heterocycles. The van der Waals surface area contributed by atoms with E-state index in [1.807, 2.05) is 18.2 Å². The third kappa shape index (κ3) is 0.843. The van der Waals surface area contributed by atoms with Gasteiger partial charge in [0.1, 0.15) is 6.54 Å². The molecule has 0 unspecified atom stereocenters. The van der Waals surface area contributed by atoms with Crippen LogP contribution in [-0.2, 0) is 0 Å². The Kier molecular flexibility index (Phi) is 1.21. The second kappa shape index (κ2) is 2.05. The number of hydrogen-bond donors (Lipinski definition) is 1. The summed E-state index contributed by atoms with van der Waals surface area (Å²) in [5.41, 5.74) is 1.17. The summed E-state index contributed by atoms with van der Waals surface area (Å²) < 4.78 is 2.95. The SMILES string of the molecule is [C]1NSc2ccccc21. The molecule has 0 bridgehead atoms. The molecule has 1 aliphatic rings. The molecule has 0 atom stereocenters. The zero-order valence-electron chi connectivity index (χ0n) is 4.72. The molecule has 1 aliphatic heterocycles. The van der Waals surface area contributed by atoms with Crippen LogP contribution in [0.25, 0.3) is 0 Å². The van der Waals surface area contributed by atoms with Crippen LogP contribution in [0, 0.1) is 6.54 Å². The number of hydrogen-bond acceptors (Lipinski definition) is 2. The van der Waals surface area contributed by atoms with E-state index < -0.39 is 0 Å². The van der Waals surface area contributed by atoms with Crippen LogP contribution in [0.2, 0.25) is 0 Å². The zero-order valence-corrected chi connectivity index (χ0v) is 5.53. The minimum atomic E-state index is 1.17. The fourth-order valence-electron chi connectivity index (χ4n) is 0.794. The van der Waals surface area contributed by atoms with Crippen LogP contribution in [0.15, 0.2) is 29.2 Å². The van der Waals surface area contributed by atoms with Gasteiger partial charge in [-0.25, -0.2) is 4.72 Å². The highest BCUT2D eigenvalue weighted by atomic mass is 32.2. The number of fused-ring (bicyclic) bond motifs is 1. The Morgan fingerprint density at radius 2 is 2.22 bits per heavy atom. The average molecular weight is 135 g/mol. The Bertz CT molecular complexity index is 199. The first-order valence-electron chi connectivity index (χ1n) is 2.74. The van der Waals surface area contributed by atoms with Crippen molar-refractivity contribution in [3.05, 3.63) is 36.4 Å². The third-order valence-electron chi connectivity index (χ3n) is 1.23. The standard InChI is InChI=1S/C7H5NS/c1-2-4-7-6(3-1)5-8-9-7/h1-4,8H. The van der Waals surface area contributed by atoms with Gasteiger partial charge in [0.05, 0.1) is 0 Å². The Morgan fingerprint density at radius 1 is 1.33 bits per heavy atom. The van der Waals surface area contributed by atoms with Crippen molar-refractivity contribution >= 4 is 11.9 Å². The van der Waals surface area contributed by atoms with Crippen molar-refractivity contribution in [1.82, 2.24) is 4.72 Å². The summed E-state index contributed by atoms with van der Waals surface area (Å²) in [6.45, 7) is 3.01. The molecule has 2 heteroatoms. The number of nitrogens with one attached hydrogen (secondary N) is 1. The molecule has 0 saturated heterocycles. The van der Waals surface area contributed by atoms with Gasteiger partial charge in [-0.15, -0.1) is 0 Å². The first kappa shape index (κ1) is 5.33. The molecule has 1 aromatic rings. The molecular weight excluding hydrogens is 130 g/mol. The molecule has 0 aromatic heterocycles. The summed E-state index contributed by atoms with van der Waals surface area (Å²) in [5.74, 6) is 0. The lowest BCUT2D eigenvalue weighted by molar-refractivity contribution is 1.26. The Balaban J connectivity index is 2.54. The van der Waals surface area contributed by atoms with Crippen LogP contribution < -0.4 is 4.72 Å². The molecule has 0 fully saturated rings. The first-order chi connectivity index (χ1) is 4.47. The average Bonchev–Trinajstić information content (AvgIpc) is 2.33. The minimum Gasteiger partial charge on any atom is -0.245 e. The lowest BCUT2D eigenvalue weighted by Gasteiger charge is -1.89. The van der Waals surface area contributed by atoms with Gasteiger partial charge in [0.15, 0.2) is 0 Å². The van der Waals surface area contributed by atoms with Crippen LogP contribution in [0.3, 0.4) is 0 Å². The van der Waals surface area contributed by atoms with Crippen molar-refractivity contribution in [3.8, 4) is 0 Å². The van der Waals surface area contributed by atoms with Crippen molar-refractivity contribution in [2.24, 2.45) is 0 Å². The second-order valence-electron chi connectivity index (χ2n) is 1.83. The minimum absolute atomic E-state index is 1.17. The van der Waals surface area contributed by atoms with Crippen molar-refractivity contribution in [3.63, 3.8) is 0 Å². The lowest BCUT2D eigenvalue weighted by Crippen LogP contribution is -1.87. The molecule has 0 spiro atoms. The normalized spacial score (nSPS) is 15.6. The van der Waals surface area contributed by atoms with Gasteiger partial charge in [0, 0.05) is 4.90 Å². The Morgan fingerprint density at radius 3 is 3.11 bits per heavy atom. The van der Waals surface area contributed by atoms with Crippen LogP contribution in [0.4, 0.5) is 0 Å². The fourth-order valence-corrected chi connectivity index (χ4v) is 1.44. The van der Waals surface area contributed by atoms with Crippen molar-refractivity contribution < 1.29 is 0 Å². The summed E-state index contributed by atoms with van der Waals surface area (Å²) in [6, 6.07) is 8.16. The van der Waals surface area contributed by atoms with Gasteiger partial charge in [-0.1, -0.05) is 18.2 Å². The van der Waals surface area contributed by atoms with Gasteiger partial charge < -0.3 is 0 Å². The predicted octanol–water partition coefficient (Wildman–Crippen LogP) is 1.68. The molecule has 0 aliphatic carbocycles. The number of rotatable bonds is 0. The van der Waals surface area contributed by atoms with Crippen LogP contribution >= 0.6 is 11.9 Å². The molecule has 1 nitrogen and oxygen atoms in total. The quantitative estimate of drug-likeness (QED) is 0.543. The van der Waals surface area contributed by atoms with Gasteiger partial charge in [-0.2, -0.15) is 0 Å². The van der Waals surface area contributed by atoms with Crippen molar-refractivity contribution in [2.45, 2.75) is 4.90 Å². The fraction of sp³-hybridized carbons (Fsp3) is 0. The maximum atomic E-state index is 3.01. The van der Waals surface area contributed by atoms with E-state index in [0.717, 1.165) is 0 Å². The van der Waals surface area contributed by atoms with Crippen LogP contribution in [-0.4, -0.2) is 0 Å². The van der Waals surface area contributed by atoms with Crippen molar-refractivity contribution in [1.29, 1.82) is 0 Å². The van der Waals surface area contributed by atoms with E-state index in [9.17, 15) is 0 Å². The summed E-state index contributed by atoms with van der Waals surface area (Å²) in [5, 5.41) is 0. The monoisotopic (exact) mass is 135 g/mol. The molecule has 2 rings (SSSR count). The molecule has 1 N–H and O–H groups in total. The van der Waals surface area contributed by atoms with Gasteiger partial charge in [-0.05, 0) is 23.6 Å². The highest BCUT2D eigenvalue weighted by Crippen LogP contribution is 2.26. The molecule has 1 aromatic carbocycles. The molecule has 9 heavy (non-hydrogen) atoms. The van der Waals surface area contributed by atoms with E-state index in [1.165, 1.54) is 10.5 Å². The van der Waals surface area contributed by atoms with E-state index in [0.29, 0.717) is 0 Å². The number of benzene rings is 1. The van der Waals surface area contributed by atoms with E-state index in [1.54, 1.807) is 11.9 Å². The van der Waals surface area contributed by atoms with Gasteiger partial charge in [0.2, 0.25) is 0 Å². The molecule has 0 amide bonds. The summed E-state index contributed by atoms with van der Waals surface area (Å²) >= 11 is 1.61. The highest BCUT2D eigenvalue weighted by Gasteiger charge is 2.08. The lowest BCUT2D eigenvalue weighted by atomic mass is 10.2. The molecular formula is C7H5NS. The van der Waals surface area contributed by atoms with E-state index in [2.05, 4.69) is 17.3 Å². The second-order valence-corrected chi connectivity index (χ2v) is 2.67. The smallest absolute Gasteiger partial charge is 0.105 e.